The van der Waals surface area contributed by atoms with Crippen LogP contribution in [0, 0.1) is 17.2 Å². The number of hydrogen-bond donors (Lipinski definition) is 1. The number of pyridine rings is 1. The van der Waals surface area contributed by atoms with Crippen LogP contribution in [0.15, 0.2) is 54.9 Å². The van der Waals surface area contributed by atoms with E-state index in [9.17, 15) is 14.9 Å². The lowest BCUT2D eigenvalue weighted by Crippen LogP contribution is -2.46. The van der Waals surface area contributed by atoms with Crippen LogP contribution < -0.4 is 5.32 Å². The molecule has 2 unspecified atom stereocenters. The Bertz CT molecular complexity index is 1040. The van der Waals surface area contributed by atoms with Crippen LogP contribution in [0.25, 0.3) is 11.0 Å². The van der Waals surface area contributed by atoms with Gasteiger partial charge in [-0.1, -0.05) is 32.0 Å². The fraction of sp³-hybridized carbons (Fsp3) is 0.238. The second-order valence-electron chi connectivity index (χ2n) is 6.66. The number of para-hydroxylation sites is 2. The van der Waals surface area contributed by atoms with E-state index in [1.54, 1.807) is 30.3 Å². The molecular weight excluding hydrogens is 354 g/mol. The molecule has 0 aliphatic carbocycles. The van der Waals surface area contributed by atoms with Crippen LogP contribution in [0.5, 0.6) is 0 Å². The smallest absolute Gasteiger partial charge is 0.270 e. The summed E-state index contributed by atoms with van der Waals surface area (Å²) in [5.74, 6) is -2.24. The van der Waals surface area contributed by atoms with Gasteiger partial charge in [0.15, 0.2) is 11.7 Å². The van der Waals surface area contributed by atoms with Gasteiger partial charge in [0.1, 0.15) is 5.69 Å². The highest BCUT2D eigenvalue weighted by atomic mass is 16.2. The maximum atomic E-state index is 13.1. The number of amides is 1. The average molecular weight is 373 g/mol. The van der Waals surface area contributed by atoms with E-state index in [0.29, 0.717) is 11.0 Å². The summed E-state index contributed by atoms with van der Waals surface area (Å²) >= 11 is 0. The van der Waals surface area contributed by atoms with Gasteiger partial charge in [0.25, 0.3) is 5.91 Å². The van der Waals surface area contributed by atoms with Gasteiger partial charge >= 0.3 is 0 Å². The number of Topliss-reactive ketones (excluding diaryl/α,β-unsaturated/α-hetero) is 1. The zero-order valence-electron chi connectivity index (χ0n) is 15.5. The first-order chi connectivity index (χ1) is 13.5. The number of nitrogens with one attached hydrogen (secondary N) is 1. The Kier molecular flexibility index (Phi) is 5.70. The molecular formula is C21H19N5O2. The second-order valence-corrected chi connectivity index (χ2v) is 6.66. The normalized spacial score (nSPS) is 12.9. The van der Waals surface area contributed by atoms with Crippen LogP contribution in [-0.2, 0) is 4.79 Å². The van der Waals surface area contributed by atoms with Crippen molar-refractivity contribution in [3.63, 3.8) is 0 Å². The molecule has 7 heteroatoms. The van der Waals surface area contributed by atoms with Gasteiger partial charge in [-0.2, -0.15) is 5.26 Å². The maximum absolute atomic E-state index is 13.1. The van der Waals surface area contributed by atoms with Gasteiger partial charge in [-0.25, -0.2) is 4.98 Å². The topological polar surface area (TPSA) is 109 Å². The van der Waals surface area contributed by atoms with E-state index in [-0.39, 0.29) is 17.3 Å². The number of nitrogens with zero attached hydrogens (tertiary/aromatic N) is 4. The van der Waals surface area contributed by atoms with Gasteiger partial charge in [0.2, 0.25) is 0 Å². The van der Waals surface area contributed by atoms with Gasteiger partial charge in [0.05, 0.1) is 35.0 Å². The van der Waals surface area contributed by atoms with E-state index in [1.807, 2.05) is 32.0 Å². The van der Waals surface area contributed by atoms with E-state index in [1.165, 1.54) is 12.4 Å². The molecule has 0 saturated heterocycles. The lowest BCUT2D eigenvalue weighted by Gasteiger charge is -2.23. The van der Waals surface area contributed by atoms with Crippen molar-refractivity contribution < 1.29 is 9.59 Å². The SMILES string of the molecule is CC(C)C(NC(=O)c1ccccn1)C(=O)C(C#N)c1cnc2ccccc2n1. The fourth-order valence-corrected chi connectivity index (χ4v) is 2.84. The molecule has 1 N–H and O–H groups in total. The number of rotatable bonds is 6. The summed E-state index contributed by atoms with van der Waals surface area (Å²) in [5, 5.41) is 12.3. The first-order valence-electron chi connectivity index (χ1n) is 8.88. The van der Waals surface area contributed by atoms with Crippen LogP contribution in [0.3, 0.4) is 0 Å². The molecule has 3 rings (SSSR count). The zero-order valence-corrected chi connectivity index (χ0v) is 15.5. The molecule has 28 heavy (non-hydrogen) atoms. The van der Waals surface area contributed by atoms with Crippen molar-refractivity contribution in [3.8, 4) is 6.07 Å². The number of carbonyl (C=O) groups is 2. The van der Waals surface area contributed by atoms with Crippen molar-refractivity contribution in [2.24, 2.45) is 5.92 Å². The van der Waals surface area contributed by atoms with Crippen LogP contribution >= 0.6 is 0 Å². The molecule has 0 saturated carbocycles. The second kappa shape index (κ2) is 8.35. The summed E-state index contributed by atoms with van der Waals surface area (Å²) < 4.78 is 0. The third kappa shape index (κ3) is 4.01. The number of carbonyl (C=O) groups excluding carboxylic acids is 2. The van der Waals surface area contributed by atoms with Crippen molar-refractivity contribution in [1.82, 2.24) is 20.3 Å². The summed E-state index contributed by atoms with van der Waals surface area (Å²) in [7, 11) is 0. The standard InChI is InChI=1S/C21H19N5O2/c1-13(2)19(26-21(28)17-9-5-6-10-23-17)20(27)14(11-22)18-12-24-15-7-3-4-8-16(15)25-18/h3-10,12-14,19H,1-2H3,(H,26,28). The summed E-state index contributed by atoms with van der Waals surface area (Å²) in [6, 6.07) is 13.3. The van der Waals surface area contributed by atoms with Gasteiger partial charge in [0, 0.05) is 6.20 Å². The number of aromatic nitrogens is 3. The number of ketones is 1. The molecule has 0 aliphatic heterocycles. The van der Waals surface area contributed by atoms with E-state index >= 15 is 0 Å². The Morgan fingerprint density at radius 1 is 1.04 bits per heavy atom. The zero-order chi connectivity index (χ0) is 20.1. The third-order valence-corrected chi connectivity index (χ3v) is 4.33. The molecule has 0 fully saturated rings. The van der Waals surface area contributed by atoms with E-state index in [4.69, 9.17) is 0 Å². The maximum Gasteiger partial charge on any atom is 0.270 e. The Balaban J connectivity index is 1.87. The largest absolute Gasteiger partial charge is 0.341 e. The van der Waals surface area contributed by atoms with Crippen LogP contribution in [-0.4, -0.2) is 32.7 Å². The Labute approximate surface area is 162 Å². The molecule has 0 bridgehead atoms. The molecule has 0 aliphatic rings. The van der Waals surface area contributed by atoms with Crippen molar-refractivity contribution in [1.29, 1.82) is 5.26 Å². The first kappa shape index (κ1) is 19.1. The quantitative estimate of drug-likeness (QED) is 0.711. The lowest BCUT2D eigenvalue weighted by molar-refractivity contribution is -0.122. The van der Waals surface area contributed by atoms with Crippen molar-refractivity contribution >= 4 is 22.7 Å². The van der Waals surface area contributed by atoms with Crippen molar-refractivity contribution in [3.05, 3.63) is 66.2 Å². The van der Waals surface area contributed by atoms with E-state index in [2.05, 4.69) is 20.3 Å². The van der Waals surface area contributed by atoms with Gasteiger partial charge in [-0.15, -0.1) is 0 Å². The van der Waals surface area contributed by atoms with Gasteiger partial charge in [-0.05, 0) is 30.2 Å². The predicted octanol–water partition coefficient (Wildman–Crippen LogP) is 2.66. The van der Waals surface area contributed by atoms with Crippen molar-refractivity contribution in [2.45, 2.75) is 25.8 Å². The number of nitriles is 1. The molecule has 2 atom stereocenters. The number of benzene rings is 1. The molecule has 3 aromatic rings. The van der Waals surface area contributed by atoms with Gasteiger partial charge < -0.3 is 5.32 Å². The Morgan fingerprint density at radius 2 is 1.75 bits per heavy atom. The molecule has 1 amide bonds. The van der Waals surface area contributed by atoms with E-state index in [0.717, 1.165) is 0 Å². The highest BCUT2D eigenvalue weighted by Gasteiger charge is 2.33. The van der Waals surface area contributed by atoms with Crippen LogP contribution in [0.2, 0.25) is 0 Å². The van der Waals surface area contributed by atoms with Crippen LogP contribution in [0.1, 0.15) is 35.9 Å². The Morgan fingerprint density at radius 3 is 2.39 bits per heavy atom. The first-order valence-corrected chi connectivity index (χ1v) is 8.88. The monoisotopic (exact) mass is 373 g/mol. The molecule has 0 radical (unpaired) electrons. The summed E-state index contributed by atoms with van der Waals surface area (Å²) in [5.41, 5.74) is 1.76. The minimum absolute atomic E-state index is 0.208. The third-order valence-electron chi connectivity index (χ3n) is 4.33. The molecule has 7 nitrogen and oxygen atoms in total. The molecule has 2 aromatic heterocycles. The molecule has 1 aromatic carbocycles. The van der Waals surface area contributed by atoms with Crippen molar-refractivity contribution in [2.75, 3.05) is 0 Å². The molecule has 140 valence electrons. The summed E-state index contributed by atoms with van der Waals surface area (Å²) in [4.78, 5) is 38.2. The minimum Gasteiger partial charge on any atom is -0.341 e. The highest BCUT2D eigenvalue weighted by Crippen LogP contribution is 2.20. The van der Waals surface area contributed by atoms with Gasteiger partial charge in [-0.3, -0.25) is 19.6 Å². The average Bonchev–Trinajstić information content (AvgIpc) is 2.72. The predicted molar refractivity (Wildman–Crippen MR) is 103 cm³/mol. The molecule has 2 heterocycles. The number of hydrogen-bond acceptors (Lipinski definition) is 6. The summed E-state index contributed by atoms with van der Waals surface area (Å²) in [6.45, 7) is 3.61. The highest BCUT2D eigenvalue weighted by molar-refractivity contribution is 5.99. The lowest BCUT2D eigenvalue weighted by atomic mass is 9.89. The van der Waals surface area contributed by atoms with E-state index < -0.39 is 23.7 Å². The summed E-state index contributed by atoms with van der Waals surface area (Å²) in [6.07, 6.45) is 2.94. The Hall–Kier alpha value is -3.66. The minimum atomic E-state index is -1.13. The number of fused-ring (bicyclic) bond motifs is 1. The fourth-order valence-electron chi connectivity index (χ4n) is 2.84. The molecule has 0 spiro atoms. The van der Waals surface area contributed by atoms with Crippen LogP contribution in [0.4, 0.5) is 0 Å².